The molecule has 1 nitrogen and oxygen atoms in total. The van der Waals surface area contributed by atoms with Crippen LogP contribution in [0.15, 0.2) is 11.1 Å². The van der Waals surface area contributed by atoms with Crippen molar-refractivity contribution in [3.8, 4) is 0 Å². The van der Waals surface area contributed by atoms with Gasteiger partial charge in [-0.2, -0.15) is 0 Å². The zero-order chi connectivity index (χ0) is 10.7. The Bertz CT molecular complexity index is 250. The van der Waals surface area contributed by atoms with E-state index in [-0.39, 0.29) is 0 Å². The fourth-order valence-corrected chi connectivity index (χ4v) is 2.91. The van der Waals surface area contributed by atoms with E-state index in [1.165, 1.54) is 5.57 Å². The van der Waals surface area contributed by atoms with Gasteiger partial charge in [0.2, 0.25) is 0 Å². The molecule has 2 unspecified atom stereocenters. The third kappa shape index (κ3) is 1.65. The van der Waals surface area contributed by atoms with E-state index in [9.17, 15) is 4.79 Å². The van der Waals surface area contributed by atoms with Crippen LogP contribution in [-0.4, -0.2) is 5.78 Å². The van der Waals surface area contributed by atoms with Crippen LogP contribution < -0.4 is 0 Å². The first-order valence-electron chi connectivity index (χ1n) is 5.97. The number of allylic oxidation sites excluding steroid dienone is 2. The fourth-order valence-electron chi connectivity index (χ4n) is 2.91. The highest BCUT2D eigenvalue weighted by atomic mass is 16.1. The van der Waals surface area contributed by atoms with Crippen molar-refractivity contribution in [3.05, 3.63) is 11.1 Å². The Labute approximate surface area is 87.6 Å². The van der Waals surface area contributed by atoms with E-state index in [0.717, 1.165) is 31.3 Å². The minimum absolute atomic E-state index is 0.296. The second kappa shape index (κ2) is 4.77. The van der Waals surface area contributed by atoms with Crippen molar-refractivity contribution in [1.29, 1.82) is 0 Å². The van der Waals surface area contributed by atoms with Crippen LogP contribution in [0, 0.1) is 11.8 Å². The van der Waals surface area contributed by atoms with Crippen LogP contribution in [-0.2, 0) is 4.79 Å². The van der Waals surface area contributed by atoms with Gasteiger partial charge in [0.1, 0.15) is 0 Å². The summed E-state index contributed by atoms with van der Waals surface area (Å²) in [6.45, 7) is 8.62. The minimum atomic E-state index is 0.296. The van der Waals surface area contributed by atoms with E-state index in [4.69, 9.17) is 0 Å². The van der Waals surface area contributed by atoms with E-state index in [1.807, 2.05) is 0 Å². The smallest absolute Gasteiger partial charge is 0.162 e. The molecule has 0 aromatic rings. The van der Waals surface area contributed by atoms with Gasteiger partial charge in [0.15, 0.2) is 5.78 Å². The first-order chi connectivity index (χ1) is 6.71. The number of Topliss-reactive ketones (excluding diaryl/α,β-unsaturated/α-hetero) is 1. The summed E-state index contributed by atoms with van der Waals surface area (Å²) in [6, 6.07) is 0. The molecule has 80 valence electrons. The molecule has 1 heteroatoms. The average molecular weight is 194 g/mol. The number of ketones is 1. The normalized spacial score (nSPS) is 27.6. The maximum Gasteiger partial charge on any atom is 0.162 e. The lowest BCUT2D eigenvalue weighted by molar-refractivity contribution is -0.119. The molecule has 0 N–H and O–H groups in total. The lowest BCUT2D eigenvalue weighted by Crippen LogP contribution is -2.16. The third-order valence-corrected chi connectivity index (χ3v) is 3.57. The second-order valence-corrected chi connectivity index (χ2v) is 4.10. The quantitative estimate of drug-likeness (QED) is 0.666. The fraction of sp³-hybridized carbons (Fsp3) is 0.769. The lowest BCUT2D eigenvalue weighted by atomic mass is 9.86. The molecule has 0 aromatic carbocycles. The van der Waals surface area contributed by atoms with Crippen LogP contribution in [0.1, 0.15) is 53.4 Å². The molecule has 2 atom stereocenters. The van der Waals surface area contributed by atoms with E-state index < -0.39 is 0 Å². The monoisotopic (exact) mass is 194 g/mol. The molecule has 0 aromatic heterocycles. The van der Waals surface area contributed by atoms with Crippen molar-refractivity contribution >= 4 is 5.78 Å². The van der Waals surface area contributed by atoms with Gasteiger partial charge in [-0.05, 0) is 37.2 Å². The van der Waals surface area contributed by atoms with Crippen LogP contribution in [0.25, 0.3) is 0 Å². The van der Waals surface area contributed by atoms with Crippen LogP contribution in [0.4, 0.5) is 0 Å². The summed E-state index contributed by atoms with van der Waals surface area (Å²) in [4.78, 5) is 12.0. The summed E-state index contributed by atoms with van der Waals surface area (Å²) in [5.41, 5.74) is 2.60. The molecule has 1 aliphatic rings. The number of hydrogen-bond acceptors (Lipinski definition) is 1. The first-order valence-corrected chi connectivity index (χ1v) is 5.97. The molecule has 0 bridgehead atoms. The Balaban J connectivity index is 3.03. The summed E-state index contributed by atoms with van der Waals surface area (Å²) >= 11 is 0. The first kappa shape index (κ1) is 11.5. The zero-order valence-corrected chi connectivity index (χ0v) is 9.89. The van der Waals surface area contributed by atoms with Crippen LogP contribution >= 0.6 is 0 Å². The number of carbonyl (C=O) groups excluding carboxylic acids is 1. The average Bonchev–Trinajstić information content (AvgIpc) is 2.48. The van der Waals surface area contributed by atoms with Gasteiger partial charge in [0, 0.05) is 5.92 Å². The Morgan fingerprint density at radius 3 is 1.86 bits per heavy atom. The molecule has 0 amide bonds. The Morgan fingerprint density at radius 2 is 1.50 bits per heavy atom. The van der Waals surface area contributed by atoms with E-state index in [2.05, 4.69) is 27.7 Å². The van der Waals surface area contributed by atoms with Crippen molar-refractivity contribution in [2.45, 2.75) is 53.4 Å². The standard InChI is InChI=1S/C13H22O/c1-5-9-10(6-2)12(8-4)13(14)11(9)7-3/h9,11H,5-8H2,1-4H3. The highest BCUT2D eigenvalue weighted by Gasteiger charge is 2.37. The van der Waals surface area contributed by atoms with E-state index in [1.54, 1.807) is 0 Å². The summed E-state index contributed by atoms with van der Waals surface area (Å²) in [7, 11) is 0. The van der Waals surface area contributed by atoms with Crippen molar-refractivity contribution in [1.82, 2.24) is 0 Å². The number of rotatable bonds is 4. The molecule has 1 rings (SSSR count). The van der Waals surface area contributed by atoms with Gasteiger partial charge in [-0.1, -0.05) is 33.3 Å². The van der Waals surface area contributed by atoms with Crippen LogP contribution in [0.3, 0.4) is 0 Å². The van der Waals surface area contributed by atoms with Gasteiger partial charge >= 0.3 is 0 Å². The Kier molecular flexibility index (Phi) is 3.91. The van der Waals surface area contributed by atoms with Gasteiger partial charge in [-0.15, -0.1) is 0 Å². The maximum absolute atomic E-state index is 12.0. The van der Waals surface area contributed by atoms with Crippen LogP contribution in [0.5, 0.6) is 0 Å². The Morgan fingerprint density at radius 1 is 0.929 bits per heavy atom. The zero-order valence-electron chi connectivity index (χ0n) is 9.89. The largest absolute Gasteiger partial charge is 0.294 e. The molecule has 0 fully saturated rings. The molecule has 0 saturated carbocycles. The van der Waals surface area contributed by atoms with Gasteiger partial charge < -0.3 is 0 Å². The van der Waals surface area contributed by atoms with Gasteiger partial charge in [0.25, 0.3) is 0 Å². The summed E-state index contributed by atoms with van der Waals surface area (Å²) in [6.07, 6.45) is 4.11. The molecule has 0 radical (unpaired) electrons. The molecule has 0 saturated heterocycles. The van der Waals surface area contributed by atoms with Crippen molar-refractivity contribution in [2.75, 3.05) is 0 Å². The molecule has 1 aliphatic carbocycles. The van der Waals surface area contributed by atoms with Gasteiger partial charge in [-0.25, -0.2) is 0 Å². The van der Waals surface area contributed by atoms with Gasteiger partial charge in [0.05, 0.1) is 0 Å². The van der Waals surface area contributed by atoms with E-state index in [0.29, 0.717) is 17.6 Å². The van der Waals surface area contributed by atoms with Crippen molar-refractivity contribution in [3.63, 3.8) is 0 Å². The van der Waals surface area contributed by atoms with Crippen LogP contribution in [0.2, 0.25) is 0 Å². The highest BCUT2D eigenvalue weighted by molar-refractivity contribution is 6.01. The van der Waals surface area contributed by atoms with E-state index >= 15 is 0 Å². The molecular formula is C13H22O. The van der Waals surface area contributed by atoms with Gasteiger partial charge in [-0.3, -0.25) is 4.79 Å². The molecule has 0 spiro atoms. The summed E-state index contributed by atoms with van der Waals surface area (Å²) in [5.74, 6) is 1.29. The van der Waals surface area contributed by atoms with Crippen molar-refractivity contribution in [2.24, 2.45) is 11.8 Å². The number of hydrogen-bond donors (Lipinski definition) is 0. The molecule has 0 heterocycles. The minimum Gasteiger partial charge on any atom is -0.294 e. The SMILES string of the molecule is CCC1=C(CC)C(CC)C(CC)C1=O. The number of carbonyl (C=O) groups is 1. The lowest BCUT2D eigenvalue weighted by Gasteiger charge is -2.17. The molecular weight excluding hydrogens is 172 g/mol. The predicted octanol–water partition coefficient (Wildman–Crippen LogP) is 3.74. The molecule has 14 heavy (non-hydrogen) atoms. The topological polar surface area (TPSA) is 17.1 Å². The predicted molar refractivity (Wildman–Crippen MR) is 60.2 cm³/mol. The van der Waals surface area contributed by atoms with Crippen molar-refractivity contribution < 1.29 is 4.79 Å². The third-order valence-electron chi connectivity index (χ3n) is 3.57. The highest BCUT2D eigenvalue weighted by Crippen LogP contribution is 2.40. The maximum atomic E-state index is 12.0. The Hall–Kier alpha value is -0.590. The second-order valence-electron chi connectivity index (χ2n) is 4.10. The summed E-state index contributed by atoms with van der Waals surface area (Å²) in [5, 5.41) is 0. The summed E-state index contributed by atoms with van der Waals surface area (Å²) < 4.78 is 0. The molecule has 0 aliphatic heterocycles.